The van der Waals surface area contributed by atoms with Crippen molar-refractivity contribution >= 4 is 51.2 Å². The summed E-state index contributed by atoms with van der Waals surface area (Å²) < 4.78 is 32.6. The number of halogens is 1. The number of aromatic nitrogens is 4. The molecule has 0 saturated carbocycles. The number of tetrazole rings is 1. The van der Waals surface area contributed by atoms with Gasteiger partial charge in [0, 0.05) is 22.9 Å². The van der Waals surface area contributed by atoms with E-state index >= 15 is 0 Å². The Morgan fingerprint density at radius 1 is 1.32 bits per heavy atom. The quantitative estimate of drug-likeness (QED) is 0.172. The molecule has 0 aliphatic rings. The third-order valence-electron chi connectivity index (χ3n) is 4.53. The average molecular weight is 527 g/mol. The number of carboxylic acids is 1. The summed E-state index contributed by atoms with van der Waals surface area (Å²) in [5, 5.41) is 25.4. The maximum absolute atomic E-state index is 11.8. The summed E-state index contributed by atoms with van der Waals surface area (Å²) in [6.07, 6.45) is 0.938. The molecule has 0 bridgehead atoms. The van der Waals surface area contributed by atoms with Crippen LogP contribution in [0.15, 0.2) is 48.5 Å². The number of carbonyl (C=O) groups is 1. The monoisotopic (exact) mass is 526 g/mol. The number of ether oxygens (including phenoxy) is 1. The summed E-state index contributed by atoms with van der Waals surface area (Å²) >= 11 is 11.0. The van der Waals surface area contributed by atoms with Crippen molar-refractivity contribution in [2.75, 3.05) is 36.5 Å². The molecule has 0 fully saturated rings. The second-order valence-electron chi connectivity index (χ2n) is 7.02. The van der Waals surface area contributed by atoms with Gasteiger partial charge in [0.2, 0.25) is 14.8 Å². The fourth-order valence-corrected chi connectivity index (χ4v) is 3.70. The molecule has 1 aromatic heterocycles. The molecule has 0 spiro atoms. The molecule has 34 heavy (non-hydrogen) atoms. The zero-order valence-corrected chi connectivity index (χ0v) is 20.2. The summed E-state index contributed by atoms with van der Waals surface area (Å²) in [4.78, 5) is 13.2. The fraction of sp³-hybridized carbons (Fsp3) is 0.263. The number of anilines is 2. The first-order valence-corrected chi connectivity index (χ1v) is 12.4. The Kier molecular flexibility index (Phi) is 8.57. The molecular formula is C19H21ClN7O5S2-. The van der Waals surface area contributed by atoms with E-state index in [1.54, 1.807) is 42.5 Å². The number of sulfonamides is 1. The minimum atomic E-state index is -3.63. The molecular weight excluding hydrogens is 506 g/mol. The SMILES string of the molecule is CS(=O)(=O)NCC(C(=O)[O-])N(COCNc1cccc(-n2[nH]nnc2=S)c1)c1ccc(Cl)cc1. The van der Waals surface area contributed by atoms with Gasteiger partial charge in [-0.2, -0.15) is 5.21 Å². The van der Waals surface area contributed by atoms with E-state index in [9.17, 15) is 18.3 Å². The van der Waals surface area contributed by atoms with Crippen molar-refractivity contribution in [3.05, 3.63) is 58.3 Å². The van der Waals surface area contributed by atoms with Gasteiger partial charge in [0.05, 0.1) is 24.0 Å². The normalized spacial score (nSPS) is 12.3. The van der Waals surface area contributed by atoms with Crippen molar-refractivity contribution in [2.24, 2.45) is 0 Å². The van der Waals surface area contributed by atoms with Gasteiger partial charge in [-0.1, -0.05) is 28.0 Å². The summed E-state index contributed by atoms with van der Waals surface area (Å²) in [5.41, 5.74) is 1.85. The van der Waals surface area contributed by atoms with Crippen LogP contribution in [-0.2, 0) is 19.6 Å². The molecule has 15 heteroatoms. The minimum Gasteiger partial charge on any atom is -0.548 e. The van der Waals surface area contributed by atoms with E-state index in [-0.39, 0.29) is 18.2 Å². The zero-order valence-electron chi connectivity index (χ0n) is 17.8. The Balaban J connectivity index is 1.69. The number of rotatable bonds is 12. The third kappa shape index (κ3) is 7.23. The zero-order chi connectivity index (χ0) is 24.7. The molecule has 0 saturated heterocycles. The predicted octanol–water partition coefficient (Wildman–Crippen LogP) is 0.496. The number of nitrogens with one attached hydrogen (secondary N) is 3. The van der Waals surface area contributed by atoms with E-state index in [0.717, 1.165) is 6.26 Å². The number of nitrogens with zero attached hydrogens (tertiary/aromatic N) is 4. The van der Waals surface area contributed by atoms with Crippen LogP contribution < -0.4 is 20.0 Å². The van der Waals surface area contributed by atoms with Crippen LogP contribution >= 0.6 is 23.8 Å². The van der Waals surface area contributed by atoms with Gasteiger partial charge in [-0.25, -0.2) is 17.8 Å². The maximum atomic E-state index is 11.8. The van der Waals surface area contributed by atoms with Crippen LogP contribution in [0.1, 0.15) is 0 Å². The van der Waals surface area contributed by atoms with Gasteiger partial charge in [0.25, 0.3) is 0 Å². The number of H-pyrrole nitrogens is 1. The molecule has 0 amide bonds. The highest BCUT2D eigenvalue weighted by Gasteiger charge is 2.22. The molecule has 1 unspecified atom stereocenters. The molecule has 1 heterocycles. The molecule has 3 rings (SSSR count). The standard InChI is InChI=1S/C19H22ClN7O5S2/c1-34(30,31)22-10-17(18(28)29)26(15-7-5-13(20)6-8-15)12-32-11-21-14-3-2-4-16(9-14)27-19(33)23-24-25-27/h2-9,17,21-22H,10-12H2,1H3,(H,28,29)(H,23,25,33)/p-1. The highest BCUT2D eigenvalue weighted by atomic mass is 35.5. The highest BCUT2D eigenvalue weighted by Crippen LogP contribution is 2.20. The lowest BCUT2D eigenvalue weighted by molar-refractivity contribution is -0.307. The van der Waals surface area contributed by atoms with Crippen LogP contribution in [0.4, 0.5) is 11.4 Å². The topological polar surface area (TPSA) is 157 Å². The van der Waals surface area contributed by atoms with E-state index in [2.05, 4.69) is 25.6 Å². The number of aliphatic carboxylic acids is 1. The van der Waals surface area contributed by atoms with Crippen molar-refractivity contribution in [1.29, 1.82) is 0 Å². The number of hydrogen-bond acceptors (Lipinski definition) is 10. The van der Waals surface area contributed by atoms with Crippen LogP contribution in [0.25, 0.3) is 5.69 Å². The van der Waals surface area contributed by atoms with Crippen molar-refractivity contribution in [2.45, 2.75) is 6.04 Å². The molecule has 182 valence electrons. The average Bonchev–Trinajstić information content (AvgIpc) is 3.21. The maximum Gasteiger partial charge on any atom is 0.242 e. The minimum absolute atomic E-state index is 0.0133. The number of carbonyl (C=O) groups excluding carboxylic acids is 1. The summed E-state index contributed by atoms with van der Waals surface area (Å²) in [7, 11) is -3.63. The van der Waals surface area contributed by atoms with E-state index in [1.165, 1.54) is 9.58 Å². The molecule has 1 atom stereocenters. The Morgan fingerprint density at radius 3 is 2.68 bits per heavy atom. The van der Waals surface area contributed by atoms with Gasteiger partial charge >= 0.3 is 0 Å². The van der Waals surface area contributed by atoms with Crippen LogP contribution in [-0.4, -0.2) is 66.9 Å². The lowest BCUT2D eigenvalue weighted by Gasteiger charge is -2.34. The second-order valence-corrected chi connectivity index (χ2v) is 9.66. The number of carboxylic acid groups (broad SMARTS) is 1. The van der Waals surface area contributed by atoms with Gasteiger partial charge in [0.1, 0.15) is 13.5 Å². The smallest absolute Gasteiger partial charge is 0.242 e. The third-order valence-corrected chi connectivity index (χ3v) is 5.74. The molecule has 12 nitrogen and oxygen atoms in total. The van der Waals surface area contributed by atoms with E-state index in [4.69, 9.17) is 28.6 Å². The van der Waals surface area contributed by atoms with Crippen LogP contribution in [0.3, 0.4) is 0 Å². The van der Waals surface area contributed by atoms with Crippen molar-refractivity contribution < 1.29 is 23.1 Å². The van der Waals surface area contributed by atoms with Crippen LogP contribution in [0.2, 0.25) is 5.02 Å². The van der Waals surface area contributed by atoms with Gasteiger partial charge in [-0.15, -0.1) is 0 Å². The largest absolute Gasteiger partial charge is 0.548 e. The predicted molar refractivity (Wildman–Crippen MR) is 127 cm³/mol. The Labute approximate surface area is 205 Å². The first-order chi connectivity index (χ1) is 16.1. The first-order valence-electron chi connectivity index (χ1n) is 9.74. The highest BCUT2D eigenvalue weighted by molar-refractivity contribution is 7.88. The summed E-state index contributed by atoms with van der Waals surface area (Å²) in [6, 6.07) is 12.2. The summed E-state index contributed by atoms with van der Waals surface area (Å²) in [5.74, 6) is -1.47. The van der Waals surface area contributed by atoms with Gasteiger partial charge < -0.3 is 24.9 Å². The molecule has 3 aromatic rings. The lowest BCUT2D eigenvalue weighted by Crippen LogP contribution is -2.54. The first kappa shape index (κ1) is 25.6. The van der Waals surface area contributed by atoms with Crippen LogP contribution in [0.5, 0.6) is 0 Å². The van der Waals surface area contributed by atoms with Gasteiger partial charge in [-0.05, 0) is 54.7 Å². The fourth-order valence-electron chi connectivity index (χ4n) is 2.93. The number of benzene rings is 2. The Bertz CT molecular complexity index is 1280. The summed E-state index contributed by atoms with van der Waals surface area (Å²) in [6.45, 7) is -0.588. The van der Waals surface area contributed by atoms with Gasteiger partial charge in [0.15, 0.2) is 0 Å². The van der Waals surface area contributed by atoms with Crippen molar-refractivity contribution in [3.8, 4) is 5.69 Å². The Morgan fingerprint density at radius 2 is 2.06 bits per heavy atom. The number of hydrogen-bond donors (Lipinski definition) is 3. The lowest BCUT2D eigenvalue weighted by atomic mass is 10.2. The van der Waals surface area contributed by atoms with E-state index < -0.39 is 28.6 Å². The molecule has 3 N–H and O–H groups in total. The van der Waals surface area contributed by atoms with Crippen molar-refractivity contribution in [3.63, 3.8) is 0 Å². The molecule has 2 aromatic carbocycles. The molecule has 0 radical (unpaired) electrons. The molecule has 0 aliphatic heterocycles. The number of aromatic amines is 1. The Hall–Kier alpha value is -3.04. The second kappa shape index (κ2) is 11.4. The molecule has 0 aliphatic carbocycles. The van der Waals surface area contributed by atoms with Gasteiger partial charge in [-0.3, -0.25) is 0 Å². The van der Waals surface area contributed by atoms with E-state index in [0.29, 0.717) is 22.1 Å². The van der Waals surface area contributed by atoms with E-state index in [1.807, 2.05) is 6.07 Å². The van der Waals surface area contributed by atoms with Crippen molar-refractivity contribution in [1.82, 2.24) is 24.9 Å². The van der Waals surface area contributed by atoms with Crippen LogP contribution in [0, 0.1) is 4.77 Å².